The number of nitrogens with zero attached hydrogens (tertiary/aromatic N) is 4. The largest absolute Gasteiger partial charge is 0.421 e. The average Bonchev–Trinajstić information content (AvgIpc) is 2.74. The summed E-state index contributed by atoms with van der Waals surface area (Å²) in [5, 5.41) is 9.32. The van der Waals surface area contributed by atoms with Crippen molar-refractivity contribution in [1.82, 2.24) is 19.7 Å². The topological polar surface area (TPSA) is 67.7 Å². The Labute approximate surface area is 113 Å². The molecular weight excluding hydrogens is 273 g/mol. The lowest BCUT2D eigenvalue weighted by atomic mass is 10.3. The zero-order valence-corrected chi connectivity index (χ0v) is 10.9. The van der Waals surface area contributed by atoms with Crippen LogP contribution in [0.15, 0.2) is 18.5 Å². The van der Waals surface area contributed by atoms with Gasteiger partial charge in [0.15, 0.2) is 0 Å². The van der Waals surface area contributed by atoms with Crippen molar-refractivity contribution < 1.29 is 13.2 Å². The molecule has 0 saturated heterocycles. The molecule has 0 radical (unpaired) electrons. The van der Waals surface area contributed by atoms with Gasteiger partial charge in [0.05, 0.1) is 6.20 Å². The van der Waals surface area contributed by atoms with Gasteiger partial charge in [0.25, 0.3) is 0 Å². The number of nitrogens with one attached hydrogen (secondary N) is 2. The molecule has 0 fully saturated rings. The number of rotatable bonds is 4. The summed E-state index contributed by atoms with van der Waals surface area (Å²) in [5.74, 6) is 0.393. The zero-order chi connectivity index (χ0) is 14.8. The quantitative estimate of drug-likeness (QED) is 0.903. The molecule has 2 heterocycles. The number of hydrogen-bond donors (Lipinski definition) is 2. The van der Waals surface area contributed by atoms with Gasteiger partial charge in [0.1, 0.15) is 17.2 Å². The molecule has 0 aromatic carbocycles. The van der Waals surface area contributed by atoms with Gasteiger partial charge in [-0.2, -0.15) is 23.3 Å². The third-order valence-electron chi connectivity index (χ3n) is 2.50. The van der Waals surface area contributed by atoms with E-state index in [-0.39, 0.29) is 11.8 Å². The van der Waals surface area contributed by atoms with Gasteiger partial charge in [0.2, 0.25) is 5.95 Å². The summed E-state index contributed by atoms with van der Waals surface area (Å²) in [6.07, 6.45) is -2.19. The average molecular weight is 286 g/mol. The van der Waals surface area contributed by atoms with Gasteiger partial charge in [-0.3, -0.25) is 4.68 Å². The Morgan fingerprint density at radius 1 is 1.35 bits per heavy atom. The highest BCUT2D eigenvalue weighted by Gasteiger charge is 2.35. The van der Waals surface area contributed by atoms with Gasteiger partial charge in [-0.1, -0.05) is 0 Å². The molecule has 6 nitrogen and oxygen atoms in total. The van der Waals surface area contributed by atoms with Crippen LogP contribution in [0.2, 0.25) is 0 Å². The molecule has 0 aliphatic heterocycles. The molecule has 2 aromatic heterocycles. The standard InChI is InChI=1S/C11H13F3N6/c1-3-15-9-7(11(12,13)14)6-16-10(19-9)18-8-4-5-17-20(8)2/h4-6H,3H2,1-2H3,(H2,15,16,18,19). The van der Waals surface area contributed by atoms with E-state index < -0.39 is 11.7 Å². The number of alkyl halides is 3. The minimum absolute atomic E-state index is 0.0672. The summed E-state index contributed by atoms with van der Waals surface area (Å²) in [5.41, 5.74) is -0.894. The van der Waals surface area contributed by atoms with Crippen molar-refractivity contribution in [2.24, 2.45) is 7.05 Å². The van der Waals surface area contributed by atoms with Crippen molar-refractivity contribution in [3.63, 3.8) is 0 Å². The van der Waals surface area contributed by atoms with Crippen molar-refractivity contribution in [1.29, 1.82) is 0 Å². The number of hydrogen-bond acceptors (Lipinski definition) is 5. The molecule has 2 N–H and O–H groups in total. The lowest BCUT2D eigenvalue weighted by molar-refractivity contribution is -0.137. The number of anilines is 3. The smallest absolute Gasteiger partial charge is 0.370 e. The Bertz CT molecular complexity index is 592. The molecule has 0 aliphatic rings. The van der Waals surface area contributed by atoms with Crippen LogP contribution in [0.3, 0.4) is 0 Å². The van der Waals surface area contributed by atoms with Crippen LogP contribution in [0.5, 0.6) is 0 Å². The van der Waals surface area contributed by atoms with Crippen LogP contribution in [-0.4, -0.2) is 26.3 Å². The van der Waals surface area contributed by atoms with Gasteiger partial charge in [-0.25, -0.2) is 4.98 Å². The highest BCUT2D eigenvalue weighted by atomic mass is 19.4. The lowest BCUT2D eigenvalue weighted by Gasteiger charge is -2.13. The highest BCUT2D eigenvalue weighted by Crippen LogP contribution is 2.33. The molecule has 20 heavy (non-hydrogen) atoms. The highest BCUT2D eigenvalue weighted by molar-refractivity contribution is 5.53. The SMILES string of the molecule is CCNc1nc(Nc2ccnn2C)ncc1C(F)(F)F. The monoisotopic (exact) mass is 286 g/mol. The van der Waals surface area contributed by atoms with Crippen molar-refractivity contribution >= 4 is 17.6 Å². The van der Waals surface area contributed by atoms with E-state index in [0.29, 0.717) is 12.4 Å². The van der Waals surface area contributed by atoms with Crippen molar-refractivity contribution in [3.8, 4) is 0 Å². The first kappa shape index (κ1) is 14.1. The molecule has 0 atom stereocenters. The molecule has 0 amide bonds. The fourth-order valence-electron chi connectivity index (χ4n) is 1.56. The third-order valence-corrected chi connectivity index (χ3v) is 2.50. The Kier molecular flexibility index (Phi) is 3.77. The van der Waals surface area contributed by atoms with E-state index in [4.69, 9.17) is 0 Å². The molecule has 2 rings (SSSR count). The number of aryl methyl sites for hydroxylation is 1. The summed E-state index contributed by atoms with van der Waals surface area (Å²) in [4.78, 5) is 7.53. The first-order valence-electron chi connectivity index (χ1n) is 5.85. The second-order valence-electron chi connectivity index (χ2n) is 3.95. The fraction of sp³-hybridized carbons (Fsp3) is 0.364. The van der Waals surface area contributed by atoms with Gasteiger partial charge >= 0.3 is 6.18 Å². The first-order chi connectivity index (χ1) is 9.41. The summed E-state index contributed by atoms with van der Waals surface area (Å²) >= 11 is 0. The fourth-order valence-corrected chi connectivity index (χ4v) is 1.56. The Balaban J connectivity index is 2.32. The molecule has 0 bridgehead atoms. The van der Waals surface area contributed by atoms with Gasteiger partial charge in [-0.15, -0.1) is 0 Å². The molecule has 0 saturated carbocycles. The predicted molar refractivity (Wildman–Crippen MR) is 67.7 cm³/mol. The van der Waals surface area contributed by atoms with E-state index >= 15 is 0 Å². The van der Waals surface area contributed by atoms with E-state index in [1.54, 1.807) is 26.2 Å². The van der Waals surface area contributed by atoms with E-state index in [0.717, 1.165) is 6.20 Å². The molecule has 108 valence electrons. The molecule has 2 aromatic rings. The van der Waals surface area contributed by atoms with Gasteiger partial charge in [0, 0.05) is 25.9 Å². The van der Waals surface area contributed by atoms with Crippen LogP contribution in [0.4, 0.5) is 30.8 Å². The van der Waals surface area contributed by atoms with E-state index in [9.17, 15) is 13.2 Å². The maximum atomic E-state index is 12.8. The Morgan fingerprint density at radius 3 is 2.65 bits per heavy atom. The van der Waals surface area contributed by atoms with Crippen LogP contribution in [0.1, 0.15) is 12.5 Å². The van der Waals surface area contributed by atoms with Crippen LogP contribution < -0.4 is 10.6 Å². The summed E-state index contributed by atoms with van der Waals surface area (Å²) < 4.78 is 39.9. The first-order valence-corrected chi connectivity index (χ1v) is 5.85. The van der Waals surface area contributed by atoms with Crippen LogP contribution in [-0.2, 0) is 13.2 Å². The summed E-state index contributed by atoms with van der Waals surface area (Å²) in [6.45, 7) is 2.02. The van der Waals surface area contributed by atoms with Crippen LogP contribution in [0.25, 0.3) is 0 Å². The van der Waals surface area contributed by atoms with Gasteiger partial charge < -0.3 is 10.6 Å². The lowest BCUT2D eigenvalue weighted by Crippen LogP contribution is -2.14. The summed E-state index contributed by atoms with van der Waals surface area (Å²) in [6, 6.07) is 1.66. The van der Waals surface area contributed by atoms with E-state index in [2.05, 4.69) is 25.7 Å². The van der Waals surface area contributed by atoms with E-state index in [1.165, 1.54) is 4.68 Å². The minimum atomic E-state index is -4.50. The molecule has 0 aliphatic carbocycles. The number of halogens is 3. The molecular formula is C11H13F3N6. The maximum absolute atomic E-state index is 12.8. The normalized spacial score (nSPS) is 11.4. The number of aromatic nitrogens is 4. The third kappa shape index (κ3) is 2.98. The minimum Gasteiger partial charge on any atom is -0.370 e. The zero-order valence-electron chi connectivity index (χ0n) is 10.9. The van der Waals surface area contributed by atoms with Crippen molar-refractivity contribution in [2.75, 3.05) is 17.2 Å². The van der Waals surface area contributed by atoms with Gasteiger partial charge in [-0.05, 0) is 6.92 Å². The summed E-state index contributed by atoms with van der Waals surface area (Å²) in [7, 11) is 1.69. The Hall–Kier alpha value is -2.32. The second-order valence-corrected chi connectivity index (χ2v) is 3.95. The molecule has 0 spiro atoms. The van der Waals surface area contributed by atoms with Crippen LogP contribution >= 0.6 is 0 Å². The predicted octanol–water partition coefficient (Wildman–Crippen LogP) is 2.40. The van der Waals surface area contributed by atoms with E-state index in [1.807, 2.05) is 0 Å². The van der Waals surface area contributed by atoms with Crippen molar-refractivity contribution in [2.45, 2.75) is 13.1 Å². The molecule has 9 heteroatoms. The Morgan fingerprint density at radius 2 is 2.10 bits per heavy atom. The maximum Gasteiger partial charge on any atom is 0.421 e. The molecule has 0 unspecified atom stereocenters. The second kappa shape index (κ2) is 5.35. The van der Waals surface area contributed by atoms with Crippen molar-refractivity contribution in [3.05, 3.63) is 24.0 Å². The van der Waals surface area contributed by atoms with Crippen LogP contribution in [0, 0.1) is 0 Å².